The molecule has 1 N–H and O–H groups in total. The monoisotopic (exact) mass is 330 g/mol. The molecule has 4 rings (SSSR count). The minimum Gasteiger partial charge on any atom is -0.497 e. The number of hydrogen-bond donors (Lipinski definition) is 1. The molecule has 0 bridgehead atoms. The third-order valence-electron chi connectivity index (χ3n) is 4.00. The fraction of sp³-hybridized carbons (Fsp3) is 0.0500. The molecule has 3 aromatic carbocycles. The quantitative estimate of drug-likeness (QED) is 0.790. The van der Waals surface area contributed by atoms with Crippen molar-refractivity contribution in [1.82, 2.24) is 5.53 Å². The Labute approximate surface area is 146 Å². The van der Waals surface area contributed by atoms with Crippen molar-refractivity contribution in [3.8, 4) is 5.75 Å². The van der Waals surface area contributed by atoms with Crippen LogP contribution in [0.1, 0.15) is 5.56 Å². The van der Waals surface area contributed by atoms with Gasteiger partial charge in [-0.15, -0.1) is 5.10 Å². The number of nitrogens with one attached hydrogen (secondary N) is 1. The predicted octanol–water partition coefficient (Wildman–Crippen LogP) is 3.80. The zero-order chi connectivity index (χ0) is 17.1. The van der Waals surface area contributed by atoms with Crippen molar-refractivity contribution in [3.63, 3.8) is 0 Å². The Bertz CT molecular complexity index is 863. The van der Waals surface area contributed by atoms with Crippen LogP contribution in [0.3, 0.4) is 0 Å². The molecule has 3 aromatic rings. The van der Waals surface area contributed by atoms with Crippen molar-refractivity contribution < 1.29 is 4.74 Å². The summed E-state index contributed by atoms with van der Waals surface area (Å²) in [5, 5.41) is 8.53. The smallest absolute Gasteiger partial charge is 0.182 e. The van der Waals surface area contributed by atoms with Gasteiger partial charge in [-0.05, 0) is 48.5 Å². The Kier molecular flexibility index (Phi) is 3.96. The molecule has 0 aromatic heterocycles. The summed E-state index contributed by atoms with van der Waals surface area (Å²) in [6.45, 7) is 0. The summed E-state index contributed by atoms with van der Waals surface area (Å²) < 4.78 is 5.25. The van der Waals surface area contributed by atoms with E-state index in [9.17, 15) is 0 Å². The molecule has 0 atom stereocenters. The van der Waals surface area contributed by atoms with Crippen molar-refractivity contribution in [1.29, 1.82) is 0 Å². The number of amidine groups is 1. The maximum absolute atomic E-state index is 5.25. The van der Waals surface area contributed by atoms with E-state index in [1.54, 1.807) is 7.11 Å². The highest BCUT2D eigenvalue weighted by molar-refractivity contribution is 6.12. The van der Waals surface area contributed by atoms with Crippen molar-refractivity contribution in [3.05, 3.63) is 90.5 Å². The lowest BCUT2D eigenvalue weighted by Gasteiger charge is -2.30. The molecule has 1 aliphatic rings. The fourth-order valence-electron chi connectivity index (χ4n) is 2.76. The Morgan fingerprint density at radius 3 is 1.96 bits per heavy atom. The number of anilines is 2. The molecule has 0 aliphatic carbocycles. The molecule has 0 saturated carbocycles. The summed E-state index contributed by atoms with van der Waals surface area (Å²) in [5.41, 5.74) is 6.13. The first-order valence-corrected chi connectivity index (χ1v) is 8.05. The maximum atomic E-state index is 5.25. The Hall–Kier alpha value is -3.47. The van der Waals surface area contributed by atoms with Gasteiger partial charge in [-0.25, -0.2) is 5.01 Å². The van der Waals surface area contributed by atoms with Crippen LogP contribution in [-0.2, 0) is 0 Å². The van der Waals surface area contributed by atoms with Gasteiger partial charge < -0.3 is 4.74 Å². The van der Waals surface area contributed by atoms with Crippen LogP contribution in [0.5, 0.6) is 5.75 Å². The number of hydrazine groups is 2. The molecule has 0 unspecified atom stereocenters. The maximum Gasteiger partial charge on any atom is 0.182 e. The van der Waals surface area contributed by atoms with E-state index in [1.807, 2.05) is 77.9 Å². The summed E-state index contributed by atoms with van der Waals surface area (Å²) in [4.78, 5) is 0. The summed E-state index contributed by atoms with van der Waals surface area (Å²) >= 11 is 0. The van der Waals surface area contributed by atoms with Gasteiger partial charge in [0, 0.05) is 5.56 Å². The number of nitrogens with zero attached hydrogens (tertiary/aromatic N) is 3. The minimum atomic E-state index is 0.817. The van der Waals surface area contributed by atoms with Crippen LogP contribution < -0.4 is 20.4 Å². The zero-order valence-corrected chi connectivity index (χ0v) is 13.8. The summed E-state index contributed by atoms with van der Waals surface area (Å²) in [6.07, 6.45) is 0. The molecule has 0 saturated heterocycles. The van der Waals surface area contributed by atoms with Gasteiger partial charge >= 0.3 is 0 Å². The lowest BCUT2D eigenvalue weighted by molar-refractivity contribution is 0.415. The molecule has 124 valence electrons. The van der Waals surface area contributed by atoms with Gasteiger partial charge in [0.2, 0.25) is 0 Å². The number of ether oxygens (including phenoxy) is 1. The van der Waals surface area contributed by atoms with E-state index in [0.717, 1.165) is 28.5 Å². The van der Waals surface area contributed by atoms with Crippen LogP contribution in [0.2, 0.25) is 0 Å². The molecular formula is C20H18N4O. The second-order valence-corrected chi connectivity index (χ2v) is 5.56. The second-order valence-electron chi connectivity index (χ2n) is 5.56. The molecule has 0 amide bonds. The molecule has 5 nitrogen and oxygen atoms in total. The SMILES string of the molecule is COc1ccc(C2=NNN(c3ccccc3)N2c2ccccc2)cc1. The molecule has 0 radical (unpaired) electrons. The first-order valence-electron chi connectivity index (χ1n) is 8.05. The van der Waals surface area contributed by atoms with Crippen molar-refractivity contribution >= 4 is 17.2 Å². The largest absolute Gasteiger partial charge is 0.497 e. The van der Waals surface area contributed by atoms with E-state index < -0.39 is 0 Å². The number of benzene rings is 3. The number of methoxy groups -OCH3 is 1. The van der Waals surface area contributed by atoms with E-state index in [0.29, 0.717) is 0 Å². The van der Waals surface area contributed by atoms with Gasteiger partial charge in [0.15, 0.2) is 5.84 Å². The Morgan fingerprint density at radius 1 is 0.760 bits per heavy atom. The highest BCUT2D eigenvalue weighted by Gasteiger charge is 2.28. The van der Waals surface area contributed by atoms with Crippen LogP contribution in [0, 0.1) is 0 Å². The summed E-state index contributed by atoms with van der Waals surface area (Å²) in [7, 11) is 1.66. The van der Waals surface area contributed by atoms with E-state index in [2.05, 4.69) is 27.8 Å². The average Bonchev–Trinajstić information content (AvgIpc) is 3.14. The van der Waals surface area contributed by atoms with Crippen LogP contribution in [-0.4, -0.2) is 12.9 Å². The highest BCUT2D eigenvalue weighted by atomic mass is 16.5. The van der Waals surface area contributed by atoms with Gasteiger partial charge in [-0.3, -0.25) is 0 Å². The first kappa shape index (κ1) is 15.1. The second kappa shape index (κ2) is 6.57. The van der Waals surface area contributed by atoms with Crippen molar-refractivity contribution in [2.75, 3.05) is 17.2 Å². The molecule has 0 spiro atoms. The lowest BCUT2D eigenvalue weighted by atomic mass is 10.2. The van der Waals surface area contributed by atoms with Crippen molar-refractivity contribution in [2.24, 2.45) is 5.10 Å². The third-order valence-corrected chi connectivity index (χ3v) is 4.00. The van der Waals surface area contributed by atoms with Crippen LogP contribution in [0.4, 0.5) is 11.4 Å². The van der Waals surface area contributed by atoms with Gasteiger partial charge in [0.05, 0.1) is 18.5 Å². The number of hydrazone groups is 1. The van der Waals surface area contributed by atoms with Crippen LogP contribution in [0.15, 0.2) is 90.0 Å². The van der Waals surface area contributed by atoms with Gasteiger partial charge in [0.1, 0.15) is 5.75 Å². The number of para-hydroxylation sites is 2. The lowest BCUT2D eigenvalue weighted by Crippen LogP contribution is -2.46. The van der Waals surface area contributed by atoms with E-state index in [1.165, 1.54) is 0 Å². The van der Waals surface area contributed by atoms with E-state index in [-0.39, 0.29) is 0 Å². The van der Waals surface area contributed by atoms with Crippen LogP contribution >= 0.6 is 0 Å². The first-order chi connectivity index (χ1) is 12.4. The number of rotatable bonds is 4. The average molecular weight is 330 g/mol. The molecule has 5 heteroatoms. The van der Waals surface area contributed by atoms with Crippen molar-refractivity contribution in [2.45, 2.75) is 0 Å². The summed E-state index contributed by atoms with van der Waals surface area (Å²) in [5.74, 6) is 1.64. The number of hydrogen-bond acceptors (Lipinski definition) is 5. The van der Waals surface area contributed by atoms with E-state index >= 15 is 0 Å². The molecule has 1 aliphatic heterocycles. The van der Waals surface area contributed by atoms with Gasteiger partial charge in [-0.2, -0.15) is 10.7 Å². The zero-order valence-electron chi connectivity index (χ0n) is 13.8. The van der Waals surface area contributed by atoms with Gasteiger partial charge in [0.25, 0.3) is 0 Å². The topological polar surface area (TPSA) is 40.1 Å². The standard InChI is InChI=1S/C20H18N4O/c1-25-19-14-12-16(13-15-19)20-21-22-24(18-10-6-3-7-11-18)23(20)17-8-4-2-5-9-17/h2-15,22H,1H3. The molecule has 25 heavy (non-hydrogen) atoms. The fourth-order valence-corrected chi connectivity index (χ4v) is 2.76. The molecular weight excluding hydrogens is 312 g/mol. The van der Waals surface area contributed by atoms with Crippen LogP contribution in [0.25, 0.3) is 0 Å². The Balaban J connectivity index is 1.75. The minimum absolute atomic E-state index is 0.817. The van der Waals surface area contributed by atoms with E-state index in [4.69, 9.17) is 4.74 Å². The molecule has 0 fully saturated rings. The highest BCUT2D eigenvalue weighted by Crippen LogP contribution is 2.27. The summed E-state index contributed by atoms with van der Waals surface area (Å²) in [6, 6.07) is 28.1. The van der Waals surface area contributed by atoms with Gasteiger partial charge in [-0.1, -0.05) is 36.4 Å². The normalized spacial score (nSPS) is 13.4. The molecule has 1 heterocycles. The predicted molar refractivity (Wildman–Crippen MR) is 101 cm³/mol. The third kappa shape index (κ3) is 2.87. The Morgan fingerprint density at radius 2 is 1.36 bits per heavy atom.